The summed E-state index contributed by atoms with van der Waals surface area (Å²) in [6, 6.07) is 21.4. The molecule has 0 nitrogen and oxygen atoms in total. The molecule has 0 saturated heterocycles. The molecule has 0 aromatic heterocycles. The van der Waals surface area contributed by atoms with Gasteiger partial charge < -0.3 is 12.4 Å². The van der Waals surface area contributed by atoms with E-state index in [1.807, 2.05) is 0 Å². The number of rotatable bonds is 2. The van der Waals surface area contributed by atoms with Crippen LogP contribution < -0.4 is 33.6 Å². The zero-order valence-electron chi connectivity index (χ0n) is 9.16. The van der Waals surface area contributed by atoms with Crippen LogP contribution >= 0.6 is 49.6 Å². The van der Waals surface area contributed by atoms with Crippen molar-refractivity contribution in [3.8, 4) is 0 Å². The smallest absolute Gasteiger partial charge is 0.357 e. The number of halogens is 6. The first-order valence-corrected chi connectivity index (χ1v) is 6.36. The molecule has 0 radical (unpaired) electrons. The van der Waals surface area contributed by atoms with Crippen molar-refractivity contribution in [3.63, 3.8) is 0 Å². The molecule has 0 spiro atoms. The van der Waals surface area contributed by atoms with Gasteiger partial charge in [0.25, 0.3) is 0 Å². The van der Waals surface area contributed by atoms with Gasteiger partial charge in [-0.15, -0.1) is 49.6 Å². The Morgan fingerprint density at radius 1 is 0.500 bits per heavy atom. The molecule has 0 atom stereocenters. The largest absolute Gasteiger partial charge is 1.00 e. The minimum absolute atomic E-state index is 0. The maximum absolute atomic E-state index is 2.21. The molecule has 6 heteroatoms. The highest BCUT2D eigenvalue weighted by atomic mass is 127. The van der Waals surface area contributed by atoms with Crippen molar-refractivity contribution in [3.05, 3.63) is 67.8 Å². The van der Waals surface area contributed by atoms with Gasteiger partial charge in [-0.1, -0.05) is 36.4 Å². The van der Waals surface area contributed by atoms with Crippen molar-refractivity contribution in [1.29, 1.82) is 0 Å². The third-order valence-electron chi connectivity index (χ3n) is 1.68. The van der Waals surface area contributed by atoms with Crippen molar-refractivity contribution < 1.29 is 33.6 Å². The summed E-state index contributed by atoms with van der Waals surface area (Å²) in [6.45, 7) is 0. The summed E-state index contributed by atoms with van der Waals surface area (Å²) in [7, 11) is 0. The van der Waals surface area contributed by atoms with Gasteiger partial charge in [-0.2, -0.15) is 0 Å². The van der Waals surface area contributed by atoms with Crippen molar-refractivity contribution in [1.82, 2.24) is 0 Å². The summed E-state index contributed by atoms with van der Waals surface area (Å²) in [4.78, 5) is 0. The molecule has 0 heterocycles. The fourth-order valence-electron chi connectivity index (χ4n) is 1.08. The topological polar surface area (TPSA) is 0 Å². The average Bonchev–Trinajstić information content (AvgIpc) is 2.21. The van der Waals surface area contributed by atoms with Crippen molar-refractivity contribution in [2.24, 2.45) is 0 Å². The molecule has 0 amide bonds. The molecule has 2 aromatic carbocycles. The molecule has 0 aliphatic rings. The van der Waals surface area contributed by atoms with E-state index in [0.29, 0.717) is 0 Å². The minimum Gasteiger partial charge on any atom is -1.00 e. The Morgan fingerprint density at radius 3 is 1.06 bits per heavy atom. The van der Waals surface area contributed by atoms with Crippen LogP contribution in [0.5, 0.6) is 0 Å². The minimum atomic E-state index is 0. The van der Waals surface area contributed by atoms with Crippen LogP contribution in [0.15, 0.2) is 60.7 Å². The monoisotopic (exact) mass is 460 g/mol. The first-order chi connectivity index (χ1) is 6.45. The lowest BCUT2D eigenvalue weighted by Crippen LogP contribution is -3.61. The van der Waals surface area contributed by atoms with E-state index in [0.717, 1.165) is 0 Å². The lowest BCUT2D eigenvalue weighted by molar-refractivity contribution is -0.597. The van der Waals surface area contributed by atoms with Gasteiger partial charge in [0, 0.05) is 0 Å². The van der Waals surface area contributed by atoms with Crippen molar-refractivity contribution in [2.75, 3.05) is 0 Å². The maximum Gasteiger partial charge on any atom is 0.357 e. The lowest BCUT2D eigenvalue weighted by atomic mass is 10.4. The van der Waals surface area contributed by atoms with Crippen LogP contribution in [0.25, 0.3) is 0 Å². The lowest BCUT2D eigenvalue weighted by Gasteiger charge is -1.84. The molecular formula is C12H14Cl5I. The zero-order valence-corrected chi connectivity index (χ0v) is 15.3. The highest BCUT2D eigenvalue weighted by Gasteiger charge is 2.12. The third-order valence-corrected chi connectivity index (χ3v) is 4.37. The maximum atomic E-state index is 2.21. The van der Waals surface area contributed by atoms with E-state index in [1.165, 1.54) is 7.14 Å². The van der Waals surface area contributed by atoms with E-state index < -0.39 is 0 Å². The number of hydrogen-bond acceptors (Lipinski definition) is 0. The van der Waals surface area contributed by atoms with Gasteiger partial charge in [0.1, 0.15) is 0 Å². The first-order valence-electron chi connectivity index (χ1n) is 4.20. The third kappa shape index (κ3) is 9.54. The fraction of sp³-hybridized carbons (Fsp3) is 0. The van der Waals surface area contributed by atoms with Gasteiger partial charge in [0.2, 0.25) is 0 Å². The molecule has 0 aliphatic heterocycles. The number of benzene rings is 2. The van der Waals surface area contributed by atoms with E-state index in [9.17, 15) is 0 Å². The SMILES string of the molecule is Cl.Cl.Cl.Cl.[Cl-].c1ccc([I+]c2ccccc2)cc1. The molecule has 0 fully saturated rings. The van der Waals surface area contributed by atoms with Gasteiger partial charge >= 0.3 is 21.2 Å². The van der Waals surface area contributed by atoms with Crippen LogP contribution in [0.1, 0.15) is 0 Å². The summed E-state index contributed by atoms with van der Waals surface area (Å²) in [5.41, 5.74) is 0. The van der Waals surface area contributed by atoms with E-state index in [2.05, 4.69) is 60.7 Å². The summed E-state index contributed by atoms with van der Waals surface area (Å²) >= 11 is 0.0287. The van der Waals surface area contributed by atoms with Gasteiger partial charge in [0.05, 0.1) is 0 Å². The Morgan fingerprint density at radius 2 is 0.778 bits per heavy atom. The quantitative estimate of drug-likeness (QED) is 0.478. The predicted molar refractivity (Wildman–Crippen MR) is 79.3 cm³/mol. The molecular weight excluding hydrogens is 448 g/mol. The average molecular weight is 462 g/mol. The summed E-state index contributed by atoms with van der Waals surface area (Å²) in [6.07, 6.45) is 0. The van der Waals surface area contributed by atoms with Crippen LogP contribution in [-0.4, -0.2) is 0 Å². The Kier molecular flexibility index (Phi) is 23.6. The molecule has 0 saturated carbocycles. The second kappa shape index (κ2) is 15.7. The molecule has 104 valence electrons. The van der Waals surface area contributed by atoms with Gasteiger partial charge in [-0.3, -0.25) is 0 Å². The van der Waals surface area contributed by atoms with Crippen molar-refractivity contribution in [2.45, 2.75) is 0 Å². The Labute approximate surface area is 150 Å². The van der Waals surface area contributed by atoms with E-state index in [4.69, 9.17) is 0 Å². The highest BCUT2D eigenvalue weighted by Crippen LogP contribution is 1.85. The standard InChI is InChI=1S/C12H10I.5ClH/c1-3-7-11(8-4-1)13-12-9-5-2-6-10-12;;;;;/h1-10H;5*1H/q+1;;;;;/p-1. The molecule has 0 bridgehead atoms. The summed E-state index contributed by atoms with van der Waals surface area (Å²) in [5.74, 6) is 0. The summed E-state index contributed by atoms with van der Waals surface area (Å²) < 4.78 is 2.96. The Balaban J connectivity index is -0.000000196. The second-order valence-electron chi connectivity index (χ2n) is 2.69. The van der Waals surface area contributed by atoms with Gasteiger partial charge in [0.15, 0.2) is 7.14 Å². The van der Waals surface area contributed by atoms with Gasteiger partial charge in [-0.25, -0.2) is 0 Å². The van der Waals surface area contributed by atoms with E-state index >= 15 is 0 Å². The predicted octanol–water partition coefficient (Wildman–Crippen LogP) is -1.49. The number of hydrogen-bond donors (Lipinski definition) is 0. The molecule has 0 unspecified atom stereocenters. The first kappa shape index (κ1) is 27.0. The highest BCUT2D eigenvalue weighted by molar-refractivity contribution is 5.86. The van der Waals surface area contributed by atoms with E-state index in [-0.39, 0.29) is 83.2 Å². The van der Waals surface area contributed by atoms with Crippen molar-refractivity contribution >= 4 is 49.6 Å². The molecule has 2 aromatic rings. The fourth-order valence-corrected chi connectivity index (χ4v) is 3.35. The molecule has 18 heavy (non-hydrogen) atoms. The Bertz CT molecular complexity index is 331. The van der Waals surface area contributed by atoms with Crippen LogP contribution in [0.3, 0.4) is 0 Å². The summed E-state index contributed by atoms with van der Waals surface area (Å²) in [5, 5.41) is 0. The normalized spacial score (nSPS) is 7.11. The molecule has 0 N–H and O–H groups in total. The molecule has 2 rings (SSSR count). The van der Waals surface area contributed by atoms with Crippen LogP contribution in [0.2, 0.25) is 0 Å². The Hall–Kier alpha value is 0.620. The second-order valence-corrected chi connectivity index (χ2v) is 5.72. The van der Waals surface area contributed by atoms with Crippen LogP contribution in [0.4, 0.5) is 0 Å². The zero-order chi connectivity index (χ0) is 8.93. The van der Waals surface area contributed by atoms with Crippen LogP contribution in [0, 0.1) is 7.14 Å². The van der Waals surface area contributed by atoms with Gasteiger partial charge in [-0.05, 0) is 24.3 Å². The van der Waals surface area contributed by atoms with E-state index in [1.54, 1.807) is 0 Å². The molecule has 0 aliphatic carbocycles. The van der Waals surface area contributed by atoms with Crippen LogP contribution in [-0.2, 0) is 0 Å².